The van der Waals surface area contributed by atoms with Gasteiger partial charge in [-0.15, -0.1) is 0 Å². The SMILES string of the molecule is O=S(=O)(O)c1ccc(-c2ccc3cc(OCc4ccccc4)ccc3c2Oc2ccc(OCCN3CCCCC3)cc2)cc1. The molecule has 1 fully saturated rings. The molecule has 0 bridgehead atoms. The zero-order valence-corrected chi connectivity index (χ0v) is 25.2. The lowest BCUT2D eigenvalue weighted by atomic mass is 9.99. The molecule has 7 nitrogen and oxygen atoms in total. The smallest absolute Gasteiger partial charge is 0.294 e. The first kappa shape index (κ1) is 29.7. The molecule has 1 aliphatic rings. The largest absolute Gasteiger partial charge is 0.492 e. The van der Waals surface area contributed by atoms with Gasteiger partial charge in [-0.25, -0.2) is 0 Å². The molecule has 6 rings (SSSR count). The van der Waals surface area contributed by atoms with Crippen molar-refractivity contribution in [3.8, 4) is 34.1 Å². The maximum atomic E-state index is 11.6. The van der Waals surface area contributed by atoms with Crippen molar-refractivity contribution in [2.75, 3.05) is 26.2 Å². The first-order chi connectivity index (χ1) is 21.4. The van der Waals surface area contributed by atoms with Crippen molar-refractivity contribution in [3.63, 3.8) is 0 Å². The summed E-state index contributed by atoms with van der Waals surface area (Å²) in [6.07, 6.45) is 3.83. The third kappa shape index (κ3) is 7.39. The minimum absolute atomic E-state index is 0.166. The highest BCUT2D eigenvalue weighted by Crippen LogP contribution is 2.41. The molecule has 1 heterocycles. The summed E-state index contributed by atoms with van der Waals surface area (Å²) in [4.78, 5) is 2.28. The first-order valence-electron chi connectivity index (χ1n) is 14.9. The highest BCUT2D eigenvalue weighted by molar-refractivity contribution is 7.85. The fraction of sp³-hybridized carbons (Fsp3) is 0.222. The summed E-state index contributed by atoms with van der Waals surface area (Å²) >= 11 is 0. The van der Waals surface area contributed by atoms with E-state index in [1.165, 1.54) is 31.4 Å². The van der Waals surface area contributed by atoms with Gasteiger partial charge in [-0.1, -0.05) is 55.0 Å². The van der Waals surface area contributed by atoms with Gasteiger partial charge in [0, 0.05) is 17.5 Å². The molecule has 1 N–H and O–H groups in total. The van der Waals surface area contributed by atoms with Crippen LogP contribution in [-0.4, -0.2) is 44.1 Å². The quantitative estimate of drug-likeness (QED) is 0.152. The summed E-state index contributed by atoms with van der Waals surface area (Å²) < 4.78 is 51.3. The third-order valence-corrected chi connectivity index (χ3v) is 8.69. The molecular formula is C36H35NO6S. The van der Waals surface area contributed by atoms with Crippen LogP contribution >= 0.6 is 0 Å². The lowest BCUT2D eigenvalue weighted by Gasteiger charge is -2.26. The molecule has 0 unspecified atom stereocenters. The second kappa shape index (κ2) is 13.5. The average Bonchev–Trinajstić information content (AvgIpc) is 3.05. The van der Waals surface area contributed by atoms with E-state index >= 15 is 0 Å². The van der Waals surface area contributed by atoms with Crippen LogP contribution in [0.4, 0.5) is 0 Å². The van der Waals surface area contributed by atoms with Gasteiger partial charge in [-0.2, -0.15) is 8.42 Å². The Hall–Kier alpha value is -4.37. The summed E-state index contributed by atoms with van der Waals surface area (Å²) in [5.74, 6) is 2.79. The van der Waals surface area contributed by atoms with Gasteiger partial charge in [0.15, 0.2) is 0 Å². The second-order valence-electron chi connectivity index (χ2n) is 10.9. The van der Waals surface area contributed by atoms with E-state index in [4.69, 9.17) is 14.2 Å². The van der Waals surface area contributed by atoms with Gasteiger partial charge >= 0.3 is 0 Å². The number of hydrogen-bond acceptors (Lipinski definition) is 6. The van der Waals surface area contributed by atoms with Crippen LogP contribution in [0.15, 0.2) is 114 Å². The Labute approximate surface area is 258 Å². The van der Waals surface area contributed by atoms with E-state index in [0.29, 0.717) is 24.7 Å². The van der Waals surface area contributed by atoms with Crippen molar-refractivity contribution in [3.05, 3.63) is 115 Å². The molecule has 0 saturated carbocycles. The highest BCUT2D eigenvalue weighted by Gasteiger charge is 2.16. The summed E-state index contributed by atoms with van der Waals surface area (Å²) in [5, 5.41) is 1.80. The molecule has 44 heavy (non-hydrogen) atoms. The summed E-state index contributed by atoms with van der Waals surface area (Å²) in [6.45, 7) is 4.30. The molecule has 0 atom stereocenters. The number of ether oxygens (including phenoxy) is 3. The zero-order chi connectivity index (χ0) is 30.4. The zero-order valence-electron chi connectivity index (χ0n) is 24.4. The van der Waals surface area contributed by atoms with Crippen LogP contribution < -0.4 is 14.2 Å². The van der Waals surface area contributed by atoms with Crippen LogP contribution in [0.1, 0.15) is 24.8 Å². The molecule has 0 amide bonds. The van der Waals surface area contributed by atoms with Crippen molar-refractivity contribution < 1.29 is 27.2 Å². The Bertz CT molecular complexity index is 1800. The third-order valence-electron chi connectivity index (χ3n) is 7.82. The number of likely N-dealkylation sites (tertiary alicyclic amines) is 1. The molecule has 0 aromatic heterocycles. The number of rotatable bonds is 11. The normalized spacial score (nSPS) is 13.9. The number of nitrogens with zero attached hydrogens (tertiary/aromatic N) is 1. The van der Waals surface area contributed by atoms with Gasteiger partial charge in [-0.3, -0.25) is 9.45 Å². The monoisotopic (exact) mass is 609 g/mol. The lowest BCUT2D eigenvalue weighted by molar-refractivity contribution is 0.183. The van der Waals surface area contributed by atoms with Crippen LogP contribution in [0.5, 0.6) is 23.0 Å². The van der Waals surface area contributed by atoms with Crippen LogP contribution in [0, 0.1) is 0 Å². The van der Waals surface area contributed by atoms with Gasteiger partial charge in [0.2, 0.25) is 0 Å². The number of fused-ring (bicyclic) bond motifs is 1. The summed E-state index contributed by atoms with van der Waals surface area (Å²) in [7, 11) is -4.30. The number of hydrogen-bond donors (Lipinski definition) is 1. The Balaban J connectivity index is 1.26. The van der Waals surface area contributed by atoms with E-state index in [0.717, 1.165) is 58.6 Å². The van der Waals surface area contributed by atoms with E-state index in [1.807, 2.05) is 84.9 Å². The molecule has 1 aliphatic heterocycles. The first-order valence-corrected chi connectivity index (χ1v) is 16.3. The Morgan fingerprint density at radius 1 is 0.705 bits per heavy atom. The van der Waals surface area contributed by atoms with Crippen molar-refractivity contribution in [2.45, 2.75) is 30.8 Å². The van der Waals surface area contributed by atoms with E-state index in [9.17, 15) is 13.0 Å². The molecular weight excluding hydrogens is 574 g/mol. The van der Waals surface area contributed by atoms with Crippen molar-refractivity contribution >= 4 is 20.9 Å². The van der Waals surface area contributed by atoms with Gasteiger partial charge in [0.05, 0.1) is 4.90 Å². The van der Waals surface area contributed by atoms with E-state index in [2.05, 4.69) is 4.90 Å². The number of piperidine rings is 1. The van der Waals surface area contributed by atoms with Crippen molar-refractivity contribution in [1.82, 2.24) is 4.90 Å². The van der Waals surface area contributed by atoms with E-state index in [-0.39, 0.29) is 4.90 Å². The Morgan fingerprint density at radius 2 is 1.41 bits per heavy atom. The maximum absolute atomic E-state index is 11.6. The topological polar surface area (TPSA) is 85.3 Å². The van der Waals surface area contributed by atoms with E-state index < -0.39 is 10.1 Å². The fourth-order valence-electron chi connectivity index (χ4n) is 5.45. The van der Waals surface area contributed by atoms with Gasteiger partial charge < -0.3 is 14.2 Å². The number of benzene rings is 5. The highest BCUT2D eigenvalue weighted by atomic mass is 32.2. The Kier molecular flexibility index (Phi) is 9.12. The van der Waals surface area contributed by atoms with E-state index in [1.54, 1.807) is 12.1 Å². The van der Waals surface area contributed by atoms with Crippen molar-refractivity contribution in [1.29, 1.82) is 0 Å². The molecule has 1 saturated heterocycles. The molecule has 5 aromatic rings. The lowest BCUT2D eigenvalue weighted by Crippen LogP contribution is -2.33. The van der Waals surface area contributed by atoms with Crippen LogP contribution in [0.2, 0.25) is 0 Å². The Morgan fingerprint density at radius 3 is 2.14 bits per heavy atom. The fourth-order valence-corrected chi connectivity index (χ4v) is 5.93. The van der Waals surface area contributed by atoms with Gasteiger partial charge in [0.25, 0.3) is 10.1 Å². The van der Waals surface area contributed by atoms with Gasteiger partial charge in [0.1, 0.15) is 36.2 Å². The summed E-state index contributed by atoms with van der Waals surface area (Å²) in [5.41, 5.74) is 2.61. The minimum atomic E-state index is -4.30. The molecule has 0 aliphatic carbocycles. The predicted octanol–water partition coefficient (Wildman–Crippen LogP) is 7.99. The molecule has 0 spiro atoms. The predicted molar refractivity (Wildman–Crippen MR) is 172 cm³/mol. The van der Waals surface area contributed by atoms with Crippen LogP contribution in [0.3, 0.4) is 0 Å². The average molecular weight is 610 g/mol. The van der Waals surface area contributed by atoms with Crippen LogP contribution in [0.25, 0.3) is 21.9 Å². The van der Waals surface area contributed by atoms with Crippen LogP contribution in [-0.2, 0) is 16.7 Å². The summed E-state index contributed by atoms with van der Waals surface area (Å²) in [6, 6.07) is 33.5. The van der Waals surface area contributed by atoms with Gasteiger partial charge in [-0.05, 0) is 103 Å². The standard InChI is InChI=1S/C36H35NO6S/c38-44(39,40)33-17-9-28(10-18-33)34-19-11-29-25-32(42-26-27-7-3-1-4-8-27)16-20-35(29)36(34)43-31-14-12-30(13-15-31)41-24-23-37-21-5-2-6-22-37/h1,3-4,7-20,25H,2,5-6,21-24,26H2,(H,38,39,40). The van der Waals surface area contributed by atoms with Crippen molar-refractivity contribution in [2.24, 2.45) is 0 Å². The molecule has 226 valence electrons. The second-order valence-corrected chi connectivity index (χ2v) is 12.3. The molecule has 0 radical (unpaired) electrons. The minimum Gasteiger partial charge on any atom is -0.492 e. The maximum Gasteiger partial charge on any atom is 0.294 e. The molecule has 5 aromatic carbocycles. The molecule has 8 heteroatoms.